The lowest BCUT2D eigenvalue weighted by Crippen LogP contribution is -2.05. The molecule has 4 nitrogen and oxygen atoms in total. The van der Waals surface area contributed by atoms with E-state index in [0.29, 0.717) is 43.1 Å². The van der Waals surface area contributed by atoms with Crippen molar-refractivity contribution in [3.8, 4) is 23.0 Å². The van der Waals surface area contributed by atoms with E-state index in [1.54, 1.807) is 97.1 Å². The van der Waals surface area contributed by atoms with Gasteiger partial charge in [-0.2, -0.15) is 0 Å². The van der Waals surface area contributed by atoms with Gasteiger partial charge in [-0.1, -0.05) is 46.4 Å². The number of hydrogen-bond donors (Lipinski definition) is 0. The Labute approximate surface area is 242 Å². The van der Waals surface area contributed by atoms with Crippen molar-refractivity contribution in [2.24, 2.45) is 0 Å². The normalized spacial score (nSPS) is 9.44. The summed E-state index contributed by atoms with van der Waals surface area (Å²) in [6.07, 6.45) is 0. The summed E-state index contributed by atoms with van der Waals surface area (Å²) >= 11 is 23.0. The summed E-state index contributed by atoms with van der Waals surface area (Å²) in [4.78, 5) is 0. The lowest BCUT2D eigenvalue weighted by Gasteiger charge is -2.08. The van der Waals surface area contributed by atoms with Gasteiger partial charge in [0.05, 0.1) is 0 Å². The molecule has 10 heteroatoms. The van der Waals surface area contributed by atoms with Crippen molar-refractivity contribution in [3.05, 3.63) is 117 Å². The van der Waals surface area contributed by atoms with E-state index in [-0.39, 0.29) is 38.4 Å². The first-order valence-electron chi connectivity index (χ1n) is 10.0. The van der Waals surface area contributed by atoms with Gasteiger partial charge in [0.2, 0.25) is 13.6 Å². The highest BCUT2D eigenvalue weighted by Crippen LogP contribution is 2.19. The Morgan fingerprint density at radius 1 is 0.333 bits per heavy atom. The highest BCUT2D eigenvalue weighted by atomic mass is 35.5. The fourth-order valence-corrected chi connectivity index (χ4v) is 2.96. The SMILES string of the molecule is Cl.Cl.Clc1ccc(OCOc2ccc(Cl)cc2)cc1.Clc1ccc(OCOc2ccc(Cl)cc2)cc1. The quantitative estimate of drug-likeness (QED) is 0.186. The van der Waals surface area contributed by atoms with Crippen molar-refractivity contribution < 1.29 is 18.9 Å². The van der Waals surface area contributed by atoms with Crippen molar-refractivity contribution >= 4 is 71.2 Å². The highest BCUT2D eigenvalue weighted by Gasteiger charge is 1.97. The number of benzene rings is 4. The van der Waals surface area contributed by atoms with E-state index < -0.39 is 0 Å². The molecule has 0 saturated heterocycles. The summed E-state index contributed by atoms with van der Waals surface area (Å²) in [6.45, 7) is 0.284. The molecule has 0 atom stereocenters. The number of rotatable bonds is 8. The fraction of sp³-hybridized carbons (Fsp3) is 0.0769. The predicted octanol–water partition coefficient (Wildman–Crippen LogP) is 9.66. The summed E-state index contributed by atoms with van der Waals surface area (Å²) in [7, 11) is 0. The van der Waals surface area contributed by atoms with Gasteiger partial charge in [-0.05, 0) is 97.1 Å². The van der Waals surface area contributed by atoms with Gasteiger partial charge in [0, 0.05) is 20.1 Å². The molecular formula is C26H22Cl6O4. The third kappa shape index (κ3) is 12.2. The second kappa shape index (κ2) is 17.3. The molecule has 0 bridgehead atoms. The van der Waals surface area contributed by atoms with Crippen molar-refractivity contribution in [3.63, 3.8) is 0 Å². The van der Waals surface area contributed by atoms with Gasteiger partial charge in [0.25, 0.3) is 0 Å². The first-order valence-corrected chi connectivity index (χ1v) is 11.5. The molecule has 0 aliphatic carbocycles. The van der Waals surface area contributed by atoms with Gasteiger partial charge < -0.3 is 18.9 Å². The average Bonchev–Trinajstić information content (AvgIpc) is 2.85. The maximum atomic E-state index is 5.76. The maximum absolute atomic E-state index is 5.76. The van der Waals surface area contributed by atoms with Crippen LogP contribution in [0.15, 0.2) is 97.1 Å². The van der Waals surface area contributed by atoms with Crippen molar-refractivity contribution in [2.75, 3.05) is 13.6 Å². The summed E-state index contributed by atoms with van der Waals surface area (Å²) in [5, 5.41) is 2.71. The largest absolute Gasteiger partial charge is 0.458 e. The molecule has 0 spiro atoms. The minimum atomic E-state index is 0. The zero-order valence-electron chi connectivity index (χ0n) is 18.6. The molecule has 0 fully saturated rings. The van der Waals surface area contributed by atoms with E-state index in [1.807, 2.05) is 0 Å². The van der Waals surface area contributed by atoms with Gasteiger partial charge in [0.15, 0.2) is 0 Å². The zero-order valence-corrected chi connectivity index (χ0v) is 23.3. The van der Waals surface area contributed by atoms with Crippen molar-refractivity contribution in [1.82, 2.24) is 0 Å². The Balaban J connectivity index is 0.000000341. The van der Waals surface area contributed by atoms with Crippen LogP contribution in [-0.2, 0) is 0 Å². The van der Waals surface area contributed by atoms with E-state index in [9.17, 15) is 0 Å². The summed E-state index contributed by atoms with van der Waals surface area (Å²) in [5.74, 6) is 2.85. The van der Waals surface area contributed by atoms with Crippen LogP contribution in [0.5, 0.6) is 23.0 Å². The van der Waals surface area contributed by atoms with Crippen LogP contribution in [0.2, 0.25) is 20.1 Å². The van der Waals surface area contributed by atoms with E-state index in [2.05, 4.69) is 0 Å². The van der Waals surface area contributed by atoms with E-state index in [4.69, 9.17) is 65.4 Å². The number of halogens is 6. The van der Waals surface area contributed by atoms with Crippen LogP contribution in [-0.4, -0.2) is 13.6 Å². The molecule has 0 saturated carbocycles. The molecule has 0 amide bonds. The molecule has 36 heavy (non-hydrogen) atoms. The van der Waals surface area contributed by atoms with Crippen LogP contribution in [0, 0.1) is 0 Å². The molecule has 0 radical (unpaired) electrons. The molecular weight excluding hydrogens is 589 g/mol. The zero-order chi connectivity index (χ0) is 24.2. The van der Waals surface area contributed by atoms with Gasteiger partial charge >= 0.3 is 0 Å². The van der Waals surface area contributed by atoms with Crippen LogP contribution >= 0.6 is 71.2 Å². The molecule has 192 valence electrons. The van der Waals surface area contributed by atoms with Gasteiger partial charge in [-0.15, -0.1) is 24.8 Å². The average molecular weight is 611 g/mol. The van der Waals surface area contributed by atoms with Crippen molar-refractivity contribution in [1.29, 1.82) is 0 Å². The molecule has 4 rings (SSSR count). The Kier molecular flexibility index (Phi) is 15.3. The molecule has 0 heterocycles. The Morgan fingerprint density at radius 2 is 0.500 bits per heavy atom. The first-order chi connectivity index (χ1) is 16.5. The molecule has 0 aliphatic heterocycles. The van der Waals surface area contributed by atoms with Crippen LogP contribution in [0.4, 0.5) is 0 Å². The minimum Gasteiger partial charge on any atom is -0.458 e. The summed E-state index contributed by atoms with van der Waals surface area (Å²) in [6, 6.07) is 28.4. The third-order valence-corrected chi connectivity index (χ3v) is 5.16. The Hall–Kier alpha value is -2.18. The van der Waals surface area contributed by atoms with Crippen LogP contribution in [0.1, 0.15) is 0 Å². The smallest absolute Gasteiger partial charge is 0.230 e. The topological polar surface area (TPSA) is 36.9 Å². The van der Waals surface area contributed by atoms with Gasteiger partial charge in [-0.3, -0.25) is 0 Å². The maximum Gasteiger partial charge on any atom is 0.230 e. The first kappa shape index (κ1) is 31.8. The summed E-state index contributed by atoms with van der Waals surface area (Å²) in [5.41, 5.74) is 0. The lowest BCUT2D eigenvalue weighted by atomic mass is 10.3. The molecule has 4 aromatic carbocycles. The van der Waals surface area contributed by atoms with Gasteiger partial charge in [-0.25, -0.2) is 0 Å². The van der Waals surface area contributed by atoms with E-state index in [0.717, 1.165) is 0 Å². The fourth-order valence-electron chi connectivity index (χ4n) is 2.45. The van der Waals surface area contributed by atoms with Crippen LogP contribution in [0.3, 0.4) is 0 Å². The van der Waals surface area contributed by atoms with E-state index >= 15 is 0 Å². The van der Waals surface area contributed by atoms with Crippen molar-refractivity contribution in [2.45, 2.75) is 0 Å². The standard InChI is InChI=1S/2C13H10Cl2O2.2ClH/c2*14-10-1-5-12(6-2-10)16-9-17-13-7-3-11(15)4-8-13;;/h2*1-8H,9H2;2*1H. The molecule has 0 N–H and O–H groups in total. The minimum absolute atomic E-state index is 0. The number of hydrogen-bond acceptors (Lipinski definition) is 4. The monoisotopic (exact) mass is 608 g/mol. The molecule has 0 aliphatic rings. The third-order valence-electron chi connectivity index (χ3n) is 4.16. The summed E-state index contributed by atoms with van der Waals surface area (Å²) < 4.78 is 21.5. The second-order valence-corrected chi connectivity index (χ2v) is 8.37. The predicted molar refractivity (Wildman–Crippen MR) is 153 cm³/mol. The Bertz CT molecular complexity index is 939. The van der Waals surface area contributed by atoms with Gasteiger partial charge in [0.1, 0.15) is 23.0 Å². The molecule has 4 aromatic rings. The highest BCUT2D eigenvalue weighted by molar-refractivity contribution is 6.31. The molecule has 0 aromatic heterocycles. The van der Waals surface area contributed by atoms with E-state index in [1.165, 1.54) is 0 Å². The van der Waals surface area contributed by atoms with Crippen LogP contribution in [0.25, 0.3) is 0 Å². The Morgan fingerprint density at radius 3 is 0.667 bits per heavy atom. The second-order valence-electron chi connectivity index (χ2n) is 6.63. The lowest BCUT2D eigenvalue weighted by molar-refractivity contribution is 0.119. The van der Waals surface area contributed by atoms with Crippen LogP contribution < -0.4 is 18.9 Å². The molecule has 0 unspecified atom stereocenters. The number of ether oxygens (including phenoxy) is 4.